The maximum absolute atomic E-state index is 6.01. The summed E-state index contributed by atoms with van der Waals surface area (Å²) < 4.78 is 0. The fraction of sp³-hybridized carbons (Fsp3) is 0.438. The molecule has 2 N–H and O–H groups in total. The molecule has 1 aliphatic rings. The molecule has 1 aliphatic carbocycles. The maximum Gasteiger partial charge on any atom is 0.0702 e. The van der Waals surface area contributed by atoms with Crippen molar-refractivity contribution in [2.75, 3.05) is 13.6 Å². The average Bonchev–Trinajstić information content (AvgIpc) is 2.37. The molecular formula is C16H21N3. The molecule has 3 heteroatoms. The lowest BCUT2D eigenvalue weighted by Crippen LogP contribution is -2.42. The zero-order valence-corrected chi connectivity index (χ0v) is 11.4. The highest BCUT2D eigenvalue weighted by Crippen LogP contribution is 2.31. The molecule has 0 aliphatic heterocycles. The number of nitrogens with two attached hydrogens (primary N) is 1. The summed E-state index contributed by atoms with van der Waals surface area (Å²) in [6, 6.07) is 11.6. The van der Waals surface area contributed by atoms with Crippen molar-refractivity contribution in [3.8, 4) is 0 Å². The van der Waals surface area contributed by atoms with Crippen molar-refractivity contribution in [2.24, 2.45) is 5.73 Å². The van der Waals surface area contributed by atoms with E-state index < -0.39 is 0 Å². The number of hydrogen-bond donors (Lipinski definition) is 1. The first-order chi connectivity index (χ1) is 9.29. The molecule has 0 saturated heterocycles. The molecule has 1 aromatic carbocycles. The number of likely N-dealkylation sites (N-methyl/N-ethyl adjacent to an activating group) is 1. The van der Waals surface area contributed by atoms with Gasteiger partial charge in [0.05, 0.1) is 5.52 Å². The largest absolute Gasteiger partial charge is 0.329 e. The topological polar surface area (TPSA) is 42.1 Å². The van der Waals surface area contributed by atoms with Crippen LogP contribution in [0.5, 0.6) is 0 Å². The van der Waals surface area contributed by atoms with E-state index in [1.807, 2.05) is 12.3 Å². The van der Waals surface area contributed by atoms with E-state index in [0.29, 0.717) is 18.6 Å². The van der Waals surface area contributed by atoms with Crippen LogP contribution in [-0.2, 0) is 0 Å². The van der Waals surface area contributed by atoms with Crippen LogP contribution < -0.4 is 5.73 Å². The van der Waals surface area contributed by atoms with Gasteiger partial charge < -0.3 is 5.73 Å². The molecule has 1 unspecified atom stereocenters. The number of benzene rings is 1. The number of pyridine rings is 1. The Bertz CT molecular complexity index is 563. The molecule has 1 heterocycles. The maximum atomic E-state index is 6.01. The van der Waals surface area contributed by atoms with Crippen LogP contribution in [0.4, 0.5) is 0 Å². The number of aromatic nitrogens is 1. The highest BCUT2D eigenvalue weighted by atomic mass is 15.2. The monoisotopic (exact) mass is 255 g/mol. The zero-order valence-electron chi connectivity index (χ0n) is 11.4. The summed E-state index contributed by atoms with van der Waals surface area (Å²) in [5.41, 5.74) is 8.36. The molecule has 0 amide bonds. The van der Waals surface area contributed by atoms with Gasteiger partial charge in [-0.1, -0.05) is 18.6 Å². The highest BCUT2D eigenvalue weighted by molar-refractivity contribution is 5.79. The predicted octanol–water partition coefficient (Wildman–Crippen LogP) is 2.72. The smallest absolute Gasteiger partial charge is 0.0702 e. The fourth-order valence-corrected chi connectivity index (χ4v) is 2.89. The second kappa shape index (κ2) is 5.27. The Kier molecular flexibility index (Phi) is 3.49. The lowest BCUT2D eigenvalue weighted by molar-refractivity contribution is 0.113. The summed E-state index contributed by atoms with van der Waals surface area (Å²) in [7, 11) is 2.20. The Morgan fingerprint density at radius 1 is 1.37 bits per heavy atom. The van der Waals surface area contributed by atoms with Crippen LogP contribution in [0.15, 0.2) is 36.5 Å². The number of rotatable bonds is 4. The van der Waals surface area contributed by atoms with Gasteiger partial charge in [0.15, 0.2) is 0 Å². The van der Waals surface area contributed by atoms with E-state index >= 15 is 0 Å². The van der Waals surface area contributed by atoms with Crippen LogP contribution in [-0.4, -0.2) is 29.5 Å². The lowest BCUT2D eigenvalue weighted by atomic mass is 9.89. The molecule has 19 heavy (non-hydrogen) atoms. The summed E-state index contributed by atoms with van der Waals surface area (Å²) in [4.78, 5) is 6.82. The number of nitrogens with zero attached hydrogens (tertiary/aromatic N) is 2. The van der Waals surface area contributed by atoms with Crippen molar-refractivity contribution in [2.45, 2.75) is 31.3 Å². The van der Waals surface area contributed by atoms with Gasteiger partial charge in [-0.05, 0) is 43.7 Å². The zero-order chi connectivity index (χ0) is 13.2. The summed E-state index contributed by atoms with van der Waals surface area (Å²) in [6.45, 7) is 0.665. The van der Waals surface area contributed by atoms with Crippen LogP contribution in [0, 0.1) is 0 Å². The summed E-state index contributed by atoms with van der Waals surface area (Å²) in [5.74, 6) is 0. The fourth-order valence-electron chi connectivity index (χ4n) is 2.89. The van der Waals surface area contributed by atoms with Gasteiger partial charge in [0.25, 0.3) is 0 Å². The van der Waals surface area contributed by atoms with Gasteiger partial charge in [0, 0.05) is 30.2 Å². The van der Waals surface area contributed by atoms with E-state index in [9.17, 15) is 0 Å². The van der Waals surface area contributed by atoms with E-state index in [-0.39, 0.29) is 0 Å². The Labute approximate surface area is 114 Å². The van der Waals surface area contributed by atoms with Gasteiger partial charge in [-0.15, -0.1) is 0 Å². The van der Waals surface area contributed by atoms with Gasteiger partial charge in [-0.3, -0.25) is 9.88 Å². The first-order valence-electron chi connectivity index (χ1n) is 7.06. The first kappa shape index (κ1) is 12.6. The molecule has 0 radical (unpaired) electrons. The second-order valence-corrected chi connectivity index (χ2v) is 5.46. The lowest BCUT2D eigenvalue weighted by Gasteiger charge is -2.39. The molecule has 3 rings (SSSR count). The molecule has 3 nitrogen and oxygen atoms in total. The number of hydrogen-bond acceptors (Lipinski definition) is 3. The van der Waals surface area contributed by atoms with E-state index in [1.54, 1.807) is 0 Å². The van der Waals surface area contributed by atoms with Gasteiger partial charge in [-0.25, -0.2) is 0 Å². The van der Waals surface area contributed by atoms with E-state index in [2.05, 4.69) is 41.2 Å². The standard InChI is InChI=1S/C16H21N3/c1-19(14-5-2-6-14)16(11-17)13-7-8-15-12(10-13)4-3-9-18-15/h3-4,7-10,14,16H,2,5-6,11,17H2,1H3. The van der Waals surface area contributed by atoms with Gasteiger partial charge >= 0.3 is 0 Å². The summed E-state index contributed by atoms with van der Waals surface area (Å²) in [6.07, 6.45) is 5.81. The minimum atomic E-state index is 0.315. The van der Waals surface area contributed by atoms with Gasteiger partial charge in [0.1, 0.15) is 0 Å². The normalized spacial score (nSPS) is 17.6. The van der Waals surface area contributed by atoms with Crippen molar-refractivity contribution in [1.29, 1.82) is 0 Å². The molecule has 100 valence electrons. The van der Waals surface area contributed by atoms with Gasteiger partial charge in [-0.2, -0.15) is 0 Å². The van der Waals surface area contributed by atoms with Crippen LogP contribution in [0.25, 0.3) is 10.9 Å². The summed E-state index contributed by atoms with van der Waals surface area (Å²) in [5, 5.41) is 1.19. The number of fused-ring (bicyclic) bond motifs is 1. The molecular weight excluding hydrogens is 234 g/mol. The minimum absolute atomic E-state index is 0.315. The van der Waals surface area contributed by atoms with Crippen LogP contribution in [0.3, 0.4) is 0 Å². The third-order valence-corrected chi connectivity index (χ3v) is 4.38. The highest BCUT2D eigenvalue weighted by Gasteiger charge is 2.27. The second-order valence-electron chi connectivity index (χ2n) is 5.46. The van der Waals surface area contributed by atoms with Gasteiger partial charge in [0.2, 0.25) is 0 Å². The van der Waals surface area contributed by atoms with Crippen molar-refractivity contribution >= 4 is 10.9 Å². The Morgan fingerprint density at radius 3 is 2.89 bits per heavy atom. The summed E-state index contributed by atoms with van der Waals surface area (Å²) >= 11 is 0. The van der Waals surface area contributed by atoms with Crippen LogP contribution in [0.1, 0.15) is 30.9 Å². The van der Waals surface area contributed by atoms with Crippen molar-refractivity contribution in [1.82, 2.24) is 9.88 Å². The molecule has 1 fully saturated rings. The molecule has 2 aromatic rings. The Hall–Kier alpha value is -1.45. The minimum Gasteiger partial charge on any atom is -0.329 e. The van der Waals surface area contributed by atoms with Crippen molar-refractivity contribution < 1.29 is 0 Å². The third-order valence-electron chi connectivity index (χ3n) is 4.38. The Morgan fingerprint density at radius 2 is 2.21 bits per heavy atom. The van der Waals surface area contributed by atoms with Crippen molar-refractivity contribution in [3.05, 3.63) is 42.1 Å². The quantitative estimate of drug-likeness (QED) is 0.913. The molecule has 1 atom stereocenters. The van der Waals surface area contributed by atoms with E-state index in [1.165, 1.54) is 30.2 Å². The third kappa shape index (κ3) is 2.36. The predicted molar refractivity (Wildman–Crippen MR) is 78.9 cm³/mol. The molecule has 0 bridgehead atoms. The first-order valence-corrected chi connectivity index (χ1v) is 7.06. The molecule has 0 spiro atoms. The van der Waals surface area contributed by atoms with Crippen molar-refractivity contribution in [3.63, 3.8) is 0 Å². The molecule has 1 saturated carbocycles. The van der Waals surface area contributed by atoms with E-state index in [0.717, 1.165) is 5.52 Å². The Balaban J connectivity index is 1.91. The van der Waals surface area contributed by atoms with Crippen LogP contribution >= 0.6 is 0 Å². The average molecular weight is 255 g/mol. The van der Waals surface area contributed by atoms with E-state index in [4.69, 9.17) is 5.73 Å². The SMILES string of the molecule is CN(C1CCC1)C(CN)c1ccc2ncccc2c1. The molecule has 1 aromatic heterocycles. The van der Waals surface area contributed by atoms with Crippen LogP contribution in [0.2, 0.25) is 0 Å².